The molecule has 0 saturated carbocycles. The Kier molecular flexibility index (Phi) is 9.49. The average molecular weight is 630 g/mol. The van der Waals surface area contributed by atoms with E-state index in [1.54, 1.807) is 94.7 Å². The molecule has 0 aliphatic carbocycles. The van der Waals surface area contributed by atoms with Crippen LogP contribution in [0.3, 0.4) is 0 Å². The van der Waals surface area contributed by atoms with Gasteiger partial charge in [-0.15, -0.1) is 0 Å². The number of amides is 2. The van der Waals surface area contributed by atoms with E-state index in [0.29, 0.717) is 28.1 Å². The van der Waals surface area contributed by atoms with Gasteiger partial charge in [0, 0.05) is 35.8 Å². The predicted molar refractivity (Wildman–Crippen MR) is 171 cm³/mol. The number of fused-ring (bicyclic) bond motifs is 1. The van der Waals surface area contributed by atoms with Crippen molar-refractivity contribution >= 4 is 40.1 Å². The molecule has 2 amide bonds. The van der Waals surface area contributed by atoms with Gasteiger partial charge >= 0.3 is 5.97 Å². The Morgan fingerprint density at radius 3 is 2.54 bits per heavy atom. The van der Waals surface area contributed by atoms with Crippen molar-refractivity contribution in [3.05, 3.63) is 84.8 Å². The van der Waals surface area contributed by atoms with E-state index in [1.165, 1.54) is 17.1 Å². The molecule has 0 bridgehead atoms. The van der Waals surface area contributed by atoms with Crippen molar-refractivity contribution in [3.8, 4) is 17.2 Å². The number of ether oxygens (including phenoxy) is 3. The van der Waals surface area contributed by atoms with E-state index in [9.17, 15) is 14.4 Å². The second-order valence-corrected chi connectivity index (χ2v) is 11.6. The molecule has 46 heavy (non-hydrogen) atoms. The zero-order chi connectivity index (χ0) is 33.0. The topological polar surface area (TPSA) is 122 Å². The van der Waals surface area contributed by atoms with Gasteiger partial charge in [0.05, 0.1) is 30.4 Å². The summed E-state index contributed by atoms with van der Waals surface area (Å²) >= 11 is 0. The SMILES string of the molecule is COc1ccc2c(Oc3ccc(NC(=O)C4C(=O)N(c5ccccc5)NC4(C)CC(C)OC(=O)CN(C)C)cc3F)ccnc2c1. The van der Waals surface area contributed by atoms with Crippen LogP contribution in [0.5, 0.6) is 17.2 Å². The van der Waals surface area contributed by atoms with E-state index < -0.39 is 41.2 Å². The van der Waals surface area contributed by atoms with E-state index in [-0.39, 0.29) is 24.4 Å². The van der Waals surface area contributed by atoms with Crippen LogP contribution in [0.2, 0.25) is 0 Å². The van der Waals surface area contributed by atoms with Crippen LogP contribution in [0.25, 0.3) is 10.9 Å². The number of anilines is 2. The van der Waals surface area contributed by atoms with Crippen molar-refractivity contribution in [2.45, 2.75) is 31.9 Å². The van der Waals surface area contributed by atoms with E-state index in [1.807, 2.05) is 6.07 Å². The van der Waals surface area contributed by atoms with Crippen LogP contribution in [0.4, 0.5) is 15.8 Å². The largest absolute Gasteiger partial charge is 0.497 e. The lowest BCUT2D eigenvalue weighted by atomic mass is 9.82. The average Bonchev–Trinajstić information content (AvgIpc) is 3.27. The first kappa shape index (κ1) is 32.3. The highest BCUT2D eigenvalue weighted by Gasteiger charge is 2.54. The van der Waals surface area contributed by atoms with Gasteiger partial charge in [0.25, 0.3) is 5.91 Å². The standard InChI is InChI=1S/C34H36FN5O6/c1-21(45-30(41)20-39(3)4)19-34(2)31(33(43)40(38-34)23-9-7-6-8-10-23)32(42)37-22-11-14-29(26(35)17-22)46-28-15-16-36-27-18-24(44-5)12-13-25(27)28/h6-18,21,31,38H,19-20H2,1-5H3,(H,37,42). The molecule has 3 aromatic carbocycles. The van der Waals surface area contributed by atoms with E-state index in [0.717, 1.165) is 6.07 Å². The molecule has 0 radical (unpaired) electrons. The highest BCUT2D eigenvalue weighted by atomic mass is 19.1. The first-order valence-corrected chi connectivity index (χ1v) is 14.7. The lowest BCUT2D eigenvalue weighted by molar-refractivity contribution is -0.150. The summed E-state index contributed by atoms with van der Waals surface area (Å²) in [5.41, 5.74) is 3.32. The van der Waals surface area contributed by atoms with Crippen LogP contribution in [-0.2, 0) is 19.1 Å². The number of para-hydroxylation sites is 1. The number of esters is 1. The molecular formula is C34H36FN5O6. The van der Waals surface area contributed by atoms with Gasteiger partial charge in [0.15, 0.2) is 11.6 Å². The molecule has 1 aliphatic rings. The third-order valence-corrected chi connectivity index (χ3v) is 7.57. The van der Waals surface area contributed by atoms with Gasteiger partial charge in [-0.2, -0.15) is 0 Å². The third kappa shape index (κ3) is 7.08. The van der Waals surface area contributed by atoms with Crippen LogP contribution in [0.1, 0.15) is 20.3 Å². The molecule has 2 N–H and O–H groups in total. The van der Waals surface area contributed by atoms with Gasteiger partial charge in [-0.1, -0.05) is 18.2 Å². The maximum Gasteiger partial charge on any atom is 0.320 e. The second-order valence-electron chi connectivity index (χ2n) is 11.6. The van der Waals surface area contributed by atoms with Crippen molar-refractivity contribution in [2.75, 3.05) is 38.1 Å². The highest BCUT2D eigenvalue weighted by Crippen LogP contribution is 2.36. The first-order valence-electron chi connectivity index (χ1n) is 14.7. The lowest BCUT2D eigenvalue weighted by Gasteiger charge is -2.31. The van der Waals surface area contributed by atoms with E-state index >= 15 is 4.39 Å². The van der Waals surface area contributed by atoms with Gasteiger partial charge in [0.2, 0.25) is 5.91 Å². The van der Waals surface area contributed by atoms with Gasteiger partial charge in [-0.05, 0) is 70.4 Å². The molecule has 12 heteroatoms. The first-order chi connectivity index (χ1) is 22.0. The van der Waals surface area contributed by atoms with Crippen molar-refractivity contribution in [1.82, 2.24) is 15.3 Å². The predicted octanol–water partition coefficient (Wildman–Crippen LogP) is 4.92. The molecule has 3 unspecified atom stereocenters. The maximum absolute atomic E-state index is 15.3. The Hall–Kier alpha value is -5.07. The molecular weight excluding hydrogens is 593 g/mol. The number of pyridine rings is 1. The fourth-order valence-corrected chi connectivity index (χ4v) is 5.58. The molecule has 240 valence electrons. The van der Waals surface area contributed by atoms with E-state index in [2.05, 4.69) is 15.7 Å². The molecule has 3 atom stereocenters. The Morgan fingerprint density at radius 2 is 1.85 bits per heavy atom. The number of hydrazine groups is 1. The number of hydrogen-bond acceptors (Lipinski definition) is 9. The Labute approximate surface area is 266 Å². The number of aromatic nitrogens is 1. The van der Waals surface area contributed by atoms with Crippen molar-refractivity contribution in [2.24, 2.45) is 5.92 Å². The number of carbonyl (C=O) groups excluding carboxylic acids is 3. The summed E-state index contributed by atoms with van der Waals surface area (Å²) < 4.78 is 32.0. The summed E-state index contributed by atoms with van der Waals surface area (Å²) in [6.45, 7) is 3.52. The Bertz CT molecular complexity index is 1750. The summed E-state index contributed by atoms with van der Waals surface area (Å²) in [6, 6.07) is 19.8. The van der Waals surface area contributed by atoms with Crippen LogP contribution in [-0.4, -0.2) is 67.1 Å². The molecule has 1 aliphatic heterocycles. The second kappa shape index (κ2) is 13.5. The van der Waals surface area contributed by atoms with Crippen LogP contribution >= 0.6 is 0 Å². The number of halogens is 1. The summed E-state index contributed by atoms with van der Waals surface area (Å²) in [5, 5.41) is 4.68. The van der Waals surface area contributed by atoms with Crippen molar-refractivity contribution in [1.29, 1.82) is 0 Å². The molecule has 1 fully saturated rings. The number of hydrogen-bond donors (Lipinski definition) is 2. The summed E-state index contributed by atoms with van der Waals surface area (Å²) in [5.74, 6) is -2.57. The minimum absolute atomic E-state index is 0.0617. The summed E-state index contributed by atoms with van der Waals surface area (Å²) in [6.07, 6.45) is 1.07. The number of nitrogens with zero attached hydrogens (tertiary/aromatic N) is 3. The number of nitrogens with one attached hydrogen (secondary N) is 2. The molecule has 0 spiro atoms. The third-order valence-electron chi connectivity index (χ3n) is 7.57. The summed E-state index contributed by atoms with van der Waals surface area (Å²) in [7, 11) is 5.06. The van der Waals surface area contributed by atoms with Gasteiger partial charge in [0.1, 0.15) is 23.5 Å². The van der Waals surface area contributed by atoms with E-state index in [4.69, 9.17) is 14.2 Å². The molecule has 11 nitrogen and oxygen atoms in total. The lowest BCUT2D eigenvalue weighted by Crippen LogP contribution is -2.51. The quantitative estimate of drug-likeness (QED) is 0.176. The molecule has 5 rings (SSSR count). The fourth-order valence-electron chi connectivity index (χ4n) is 5.58. The monoisotopic (exact) mass is 629 g/mol. The smallest absolute Gasteiger partial charge is 0.320 e. The molecule has 1 saturated heterocycles. The number of likely N-dealkylation sites (N-methyl/N-ethyl adjacent to an activating group) is 1. The number of benzene rings is 3. The minimum atomic E-state index is -1.23. The zero-order valence-electron chi connectivity index (χ0n) is 26.2. The van der Waals surface area contributed by atoms with Crippen LogP contribution in [0.15, 0.2) is 79.0 Å². The Morgan fingerprint density at radius 1 is 1.09 bits per heavy atom. The Balaban J connectivity index is 1.36. The zero-order valence-corrected chi connectivity index (χ0v) is 26.2. The minimum Gasteiger partial charge on any atom is -0.497 e. The molecule has 1 aromatic heterocycles. The van der Waals surface area contributed by atoms with Gasteiger partial charge in [-0.3, -0.25) is 24.3 Å². The van der Waals surface area contributed by atoms with Crippen LogP contribution < -0.4 is 25.2 Å². The normalized spacial score (nSPS) is 18.5. The highest BCUT2D eigenvalue weighted by molar-refractivity contribution is 6.14. The number of carbonyl (C=O) groups is 3. The van der Waals surface area contributed by atoms with Gasteiger partial charge in [-0.25, -0.2) is 14.8 Å². The molecule has 4 aromatic rings. The number of methoxy groups -OCH3 is 1. The number of rotatable bonds is 11. The van der Waals surface area contributed by atoms with Gasteiger partial charge < -0.3 is 19.5 Å². The van der Waals surface area contributed by atoms with Crippen molar-refractivity contribution in [3.63, 3.8) is 0 Å². The molecule has 2 heterocycles. The summed E-state index contributed by atoms with van der Waals surface area (Å²) in [4.78, 5) is 45.9. The maximum atomic E-state index is 15.3. The van der Waals surface area contributed by atoms with Crippen LogP contribution in [0, 0.1) is 11.7 Å². The van der Waals surface area contributed by atoms with Crippen molar-refractivity contribution < 1.29 is 33.0 Å². The fraction of sp³-hybridized carbons (Fsp3) is 0.294.